The van der Waals surface area contributed by atoms with E-state index in [2.05, 4.69) is 10.3 Å². The first-order valence-corrected chi connectivity index (χ1v) is 8.55. The average molecular weight is 364 g/mol. The first kappa shape index (κ1) is 18.4. The highest BCUT2D eigenvalue weighted by molar-refractivity contribution is 6.07. The van der Waals surface area contributed by atoms with Crippen molar-refractivity contribution in [2.75, 3.05) is 19.0 Å². The van der Waals surface area contributed by atoms with Crippen LogP contribution in [0.1, 0.15) is 33.3 Å². The Balaban J connectivity index is 1.83. The summed E-state index contributed by atoms with van der Waals surface area (Å²) in [6, 6.07) is 13.9. The number of hydrogen-bond donors (Lipinski definition) is 1. The van der Waals surface area contributed by atoms with Crippen molar-refractivity contribution in [2.45, 2.75) is 13.8 Å². The van der Waals surface area contributed by atoms with Gasteiger partial charge in [0.15, 0.2) is 0 Å². The molecule has 0 aliphatic carbocycles. The number of nitrogens with zero attached hydrogens (tertiary/aromatic N) is 1. The molecule has 0 bridgehead atoms. The third-order valence-electron chi connectivity index (χ3n) is 4.11. The van der Waals surface area contributed by atoms with E-state index >= 15 is 0 Å². The zero-order valence-corrected chi connectivity index (χ0v) is 15.4. The van der Waals surface area contributed by atoms with Gasteiger partial charge in [-0.25, -0.2) is 4.79 Å². The van der Waals surface area contributed by atoms with Gasteiger partial charge in [-0.2, -0.15) is 0 Å². The molecule has 0 unspecified atom stereocenters. The van der Waals surface area contributed by atoms with Crippen LogP contribution in [-0.4, -0.2) is 30.6 Å². The summed E-state index contributed by atoms with van der Waals surface area (Å²) in [5, 5.41) is 3.65. The Morgan fingerprint density at radius 3 is 2.48 bits per heavy atom. The molecule has 3 aromatic rings. The molecule has 0 spiro atoms. The van der Waals surface area contributed by atoms with Crippen molar-refractivity contribution in [3.63, 3.8) is 0 Å². The average Bonchev–Trinajstić information content (AvgIpc) is 2.67. The molecule has 6 nitrogen and oxygen atoms in total. The Morgan fingerprint density at radius 2 is 1.81 bits per heavy atom. The minimum atomic E-state index is -0.390. The second-order valence-electron chi connectivity index (χ2n) is 5.93. The van der Waals surface area contributed by atoms with Gasteiger partial charge >= 0.3 is 5.97 Å². The van der Waals surface area contributed by atoms with Crippen LogP contribution < -0.4 is 10.1 Å². The quantitative estimate of drug-likeness (QED) is 0.693. The Labute approximate surface area is 157 Å². The zero-order valence-electron chi connectivity index (χ0n) is 15.4. The van der Waals surface area contributed by atoms with Crippen LogP contribution in [0.2, 0.25) is 0 Å². The summed E-state index contributed by atoms with van der Waals surface area (Å²) in [5.74, 6) is 0.0431. The normalized spacial score (nSPS) is 10.5. The maximum atomic E-state index is 12.7. The first-order chi connectivity index (χ1) is 13.0. The highest BCUT2D eigenvalue weighted by Gasteiger charge is 2.13. The minimum absolute atomic E-state index is 0.270. The molecule has 1 heterocycles. The van der Waals surface area contributed by atoms with Crippen LogP contribution >= 0.6 is 0 Å². The molecule has 3 rings (SSSR count). The molecule has 0 atom stereocenters. The standard InChI is InChI=1S/C21H20N2O4/c1-4-27-21(25)14-5-7-16(8-6-14)23-20(24)18-12-15-11-17(26-3)9-10-19(15)22-13(18)2/h5-12H,4H2,1-3H3,(H,23,24). The molecule has 1 N–H and O–H groups in total. The van der Waals surface area contributed by atoms with Crippen molar-refractivity contribution in [2.24, 2.45) is 0 Å². The number of fused-ring (bicyclic) bond motifs is 1. The number of anilines is 1. The molecule has 1 amide bonds. The predicted octanol–water partition coefficient (Wildman–Crippen LogP) is 3.98. The second-order valence-corrected chi connectivity index (χ2v) is 5.93. The molecular formula is C21H20N2O4. The van der Waals surface area contributed by atoms with Gasteiger partial charge in [0, 0.05) is 11.1 Å². The fourth-order valence-electron chi connectivity index (χ4n) is 2.71. The van der Waals surface area contributed by atoms with Gasteiger partial charge in [-0.1, -0.05) is 0 Å². The van der Waals surface area contributed by atoms with Gasteiger partial charge in [0.2, 0.25) is 0 Å². The van der Waals surface area contributed by atoms with Crippen molar-refractivity contribution in [3.05, 3.63) is 65.4 Å². The summed E-state index contributed by atoms with van der Waals surface area (Å²) >= 11 is 0. The minimum Gasteiger partial charge on any atom is -0.497 e. The first-order valence-electron chi connectivity index (χ1n) is 8.55. The van der Waals surface area contributed by atoms with Gasteiger partial charge in [0.05, 0.1) is 36.1 Å². The van der Waals surface area contributed by atoms with Crippen LogP contribution in [-0.2, 0) is 4.74 Å². The lowest BCUT2D eigenvalue weighted by atomic mass is 10.1. The maximum Gasteiger partial charge on any atom is 0.338 e. The summed E-state index contributed by atoms with van der Waals surface area (Å²) in [7, 11) is 1.59. The molecule has 2 aromatic carbocycles. The van der Waals surface area contributed by atoms with Crippen molar-refractivity contribution < 1.29 is 19.1 Å². The summed E-state index contributed by atoms with van der Waals surface area (Å²) < 4.78 is 10.2. The van der Waals surface area contributed by atoms with Crippen molar-refractivity contribution in [3.8, 4) is 5.75 Å². The smallest absolute Gasteiger partial charge is 0.338 e. The lowest BCUT2D eigenvalue weighted by Crippen LogP contribution is -2.14. The molecule has 27 heavy (non-hydrogen) atoms. The van der Waals surface area contributed by atoms with Crippen molar-refractivity contribution in [1.82, 2.24) is 4.98 Å². The number of benzene rings is 2. The monoisotopic (exact) mass is 364 g/mol. The van der Waals surface area contributed by atoms with E-state index in [9.17, 15) is 9.59 Å². The van der Waals surface area contributed by atoms with Crippen LogP contribution in [0.4, 0.5) is 5.69 Å². The largest absolute Gasteiger partial charge is 0.497 e. The highest BCUT2D eigenvalue weighted by atomic mass is 16.5. The Bertz CT molecular complexity index is 997. The van der Waals surface area contributed by atoms with Crippen molar-refractivity contribution >= 4 is 28.5 Å². The summed E-state index contributed by atoms with van der Waals surface area (Å²) in [4.78, 5) is 28.9. The van der Waals surface area contributed by atoms with Gasteiger partial charge in [-0.15, -0.1) is 0 Å². The fourth-order valence-corrected chi connectivity index (χ4v) is 2.71. The van der Waals surface area contributed by atoms with Crippen LogP contribution in [0.3, 0.4) is 0 Å². The number of pyridine rings is 1. The van der Waals surface area contributed by atoms with E-state index in [0.29, 0.717) is 34.9 Å². The van der Waals surface area contributed by atoms with Gasteiger partial charge in [-0.05, 0) is 62.4 Å². The number of aryl methyl sites for hydroxylation is 1. The van der Waals surface area contributed by atoms with E-state index in [1.807, 2.05) is 18.2 Å². The number of nitrogens with one attached hydrogen (secondary N) is 1. The molecule has 138 valence electrons. The summed E-state index contributed by atoms with van der Waals surface area (Å²) in [6.45, 7) is 3.86. The molecule has 0 saturated heterocycles. The van der Waals surface area contributed by atoms with Gasteiger partial charge in [0.1, 0.15) is 5.75 Å². The van der Waals surface area contributed by atoms with E-state index in [0.717, 1.165) is 10.9 Å². The lowest BCUT2D eigenvalue weighted by molar-refractivity contribution is 0.0526. The van der Waals surface area contributed by atoms with E-state index < -0.39 is 0 Å². The number of rotatable bonds is 5. The fraction of sp³-hybridized carbons (Fsp3) is 0.190. The number of methoxy groups -OCH3 is 1. The number of hydrogen-bond acceptors (Lipinski definition) is 5. The summed E-state index contributed by atoms with van der Waals surface area (Å²) in [5.41, 5.74) is 2.92. The number of amides is 1. The van der Waals surface area contributed by atoms with Crippen LogP contribution in [0, 0.1) is 6.92 Å². The van der Waals surface area contributed by atoms with Crippen LogP contribution in [0.15, 0.2) is 48.5 Å². The topological polar surface area (TPSA) is 77.5 Å². The van der Waals surface area contributed by atoms with E-state index in [4.69, 9.17) is 9.47 Å². The van der Waals surface area contributed by atoms with Gasteiger partial charge in [0.25, 0.3) is 5.91 Å². The van der Waals surface area contributed by atoms with Crippen LogP contribution in [0.25, 0.3) is 10.9 Å². The van der Waals surface area contributed by atoms with E-state index in [1.54, 1.807) is 51.3 Å². The Morgan fingerprint density at radius 1 is 1.07 bits per heavy atom. The number of ether oxygens (including phenoxy) is 2. The SMILES string of the molecule is CCOC(=O)c1ccc(NC(=O)c2cc3cc(OC)ccc3nc2C)cc1. The summed E-state index contributed by atoms with van der Waals surface area (Å²) in [6.07, 6.45) is 0. The van der Waals surface area contributed by atoms with Crippen LogP contribution in [0.5, 0.6) is 5.75 Å². The van der Waals surface area contributed by atoms with Gasteiger partial charge < -0.3 is 14.8 Å². The maximum absolute atomic E-state index is 12.7. The molecule has 0 radical (unpaired) electrons. The molecule has 0 aliphatic rings. The second kappa shape index (κ2) is 7.86. The number of carbonyl (C=O) groups excluding carboxylic acids is 2. The Hall–Kier alpha value is -3.41. The number of esters is 1. The molecule has 1 aromatic heterocycles. The van der Waals surface area contributed by atoms with Crippen molar-refractivity contribution in [1.29, 1.82) is 0 Å². The van der Waals surface area contributed by atoms with E-state index in [-0.39, 0.29) is 11.9 Å². The lowest BCUT2D eigenvalue weighted by Gasteiger charge is -2.10. The highest BCUT2D eigenvalue weighted by Crippen LogP contribution is 2.22. The molecular weight excluding hydrogens is 344 g/mol. The Kier molecular flexibility index (Phi) is 5.35. The molecule has 0 saturated carbocycles. The zero-order chi connectivity index (χ0) is 19.4. The predicted molar refractivity (Wildman–Crippen MR) is 103 cm³/mol. The molecule has 0 aliphatic heterocycles. The third kappa shape index (κ3) is 4.06. The molecule has 0 fully saturated rings. The molecule has 6 heteroatoms. The van der Waals surface area contributed by atoms with Gasteiger partial charge in [-0.3, -0.25) is 9.78 Å². The number of aromatic nitrogens is 1. The number of carbonyl (C=O) groups is 2. The van der Waals surface area contributed by atoms with E-state index in [1.165, 1.54) is 0 Å². The third-order valence-corrected chi connectivity index (χ3v) is 4.11.